The fourth-order valence-corrected chi connectivity index (χ4v) is 2.14. The van der Waals surface area contributed by atoms with Gasteiger partial charge in [0, 0.05) is 31.0 Å². The van der Waals surface area contributed by atoms with Crippen molar-refractivity contribution in [3.05, 3.63) is 47.3 Å². The van der Waals surface area contributed by atoms with Crippen LogP contribution in [0.25, 0.3) is 0 Å². The molecule has 0 aliphatic carbocycles. The molecule has 0 aliphatic heterocycles. The minimum Gasteiger partial charge on any atom is -0.478 e. The zero-order valence-corrected chi connectivity index (χ0v) is 11.9. The molecule has 0 saturated carbocycles. The van der Waals surface area contributed by atoms with Gasteiger partial charge >= 0.3 is 5.97 Å². The van der Waals surface area contributed by atoms with E-state index in [1.54, 1.807) is 22.9 Å². The first kappa shape index (κ1) is 14.1. The highest BCUT2D eigenvalue weighted by molar-refractivity contribution is 5.88. The Balaban J connectivity index is 2.13. The molecule has 5 heteroatoms. The molecule has 0 spiro atoms. The molecule has 0 aliphatic rings. The lowest BCUT2D eigenvalue weighted by Crippen LogP contribution is -2.04. The number of aromatic carboxylic acids is 1. The van der Waals surface area contributed by atoms with Gasteiger partial charge in [-0.3, -0.25) is 4.68 Å². The van der Waals surface area contributed by atoms with Crippen LogP contribution in [0.1, 0.15) is 41.4 Å². The summed E-state index contributed by atoms with van der Waals surface area (Å²) >= 11 is 0. The Kier molecular flexibility index (Phi) is 4.08. The quantitative estimate of drug-likeness (QED) is 0.879. The zero-order valence-electron chi connectivity index (χ0n) is 11.9. The average Bonchev–Trinajstić information content (AvgIpc) is 2.78. The van der Waals surface area contributed by atoms with Crippen LogP contribution in [0.2, 0.25) is 0 Å². The Morgan fingerprint density at radius 1 is 1.45 bits per heavy atom. The molecule has 5 nitrogen and oxygen atoms in total. The second kappa shape index (κ2) is 5.77. The lowest BCUT2D eigenvalue weighted by atomic mass is 10.1. The Hall–Kier alpha value is -2.30. The van der Waals surface area contributed by atoms with Gasteiger partial charge in [0.15, 0.2) is 0 Å². The summed E-state index contributed by atoms with van der Waals surface area (Å²) in [6.45, 7) is 4.85. The average molecular weight is 273 g/mol. The molecule has 0 atom stereocenters. The van der Waals surface area contributed by atoms with Crippen LogP contribution in [-0.2, 0) is 13.6 Å². The number of aromatic nitrogens is 2. The van der Waals surface area contributed by atoms with Gasteiger partial charge in [-0.05, 0) is 24.1 Å². The van der Waals surface area contributed by atoms with Gasteiger partial charge in [0.25, 0.3) is 0 Å². The number of carboxylic acid groups (broad SMARTS) is 1. The van der Waals surface area contributed by atoms with E-state index in [1.807, 2.05) is 19.3 Å². The van der Waals surface area contributed by atoms with E-state index in [0.29, 0.717) is 12.5 Å². The van der Waals surface area contributed by atoms with Crippen molar-refractivity contribution in [2.45, 2.75) is 26.3 Å². The molecule has 2 aromatic rings. The molecule has 2 N–H and O–H groups in total. The molecule has 0 unspecified atom stereocenters. The summed E-state index contributed by atoms with van der Waals surface area (Å²) in [5.41, 5.74) is 3.27. The topological polar surface area (TPSA) is 67.2 Å². The highest BCUT2D eigenvalue weighted by Crippen LogP contribution is 2.19. The van der Waals surface area contributed by atoms with E-state index < -0.39 is 5.97 Å². The second-order valence-electron chi connectivity index (χ2n) is 5.11. The van der Waals surface area contributed by atoms with Crippen molar-refractivity contribution >= 4 is 11.7 Å². The van der Waals surface area contributed by atoms with Gasteiger partial charge in [-0.1, -0.05) is 19.9 Å². The Morgan fingerprint density at radius 3 is 2.85 bits per heavy atom. The highest BCUT2D eigenvalue weighted by Gasteiger charge is 2.11. The van der Waals surface area contributed by atoms with Gasteiger partial charge in [0.1, 0.15) is 0 Å². The zero-order chi connectivity index (χ0) is 14.7. The molecule has 0 fully saturated rings. The molecule has 1 heterocycles. The standard InChI is InChI=1S/C15H19N3O2/c1-10(2)14-12(9-18(3)17-14)8-16-13-6-4-5-11(7-13)15(19)20/h4-7,9-10,16H,8H2,1-3H3,(H,19,20). The molecule has 1 aromatic carbocycles. The van der Waals surface area contributed by atoms with Crippen LogP contribution in [0.3, 0.4) is 0 Å². The molecule has 2 rings (SSSR count). The number of carboxylic acids is 1. The summed E-state index contributed by atoms with van der Waals surface area (Å²) in [6.07, 6.45) is 1.99. The van der Waals surface area contributed by atoms with Crippen LogP contribution in [0.4, 0.5) is 5.69 Å². The first-order valence-electron chi connectivity index (χ1n) is 6.57. The third-order valence-corrected chi connectivity index (χ3v) is 3.08. The number of nitrogens with zero attached hydrogens (tertiary/aromatic N) is 2. The monoisotopic (exact) mass is 273 g/mol. The summed E-state index contributed by atoms with van der Waals surface area (Å²) in [7, 11) is 1.90. The van der Waals surface area contributed by atoms with Crippen LogP contribution in [-0.4, -0.2) is 20.9 Å². The summed E-state index contributed by atoms with van der Waals surface area (Å²) < 4.78 is 1.81. The van der Waals surface area contributed by atoms with E-state index in [0.717, 1.165) is 16.9 Å². The van der Waals surface area contributed by atoms with E-state index in [2.05, 4.69) is 24.3 Å². The number of nitrogens with one attached hydrogen (secondary N) is 1. The predicted molar refractivity (Wildman–Crippen MR) is 78.0 cm³/mol. The van der Waals surface area contributed by atoms with Crippen LogP contribution < -0.4 is 5.32 Å². The first-order chi connectivity index (χ1) is 9.47. The van der Waals surface area contributed by atoms with Crippen molar-refractivity contribution in [2.75, 3.05) is 5.32 Å². The molecule has 0 radical (unpaired) electrons. The number of hydrogen-bond donors (Lipinski definition) is 2. The van der Waals surface area contributed by atoms with E-state index in [1.165, 1.54) is 0 Å². The van der Waals surface area contributed by atoms with Gasteiger partial charge in [0.2, 0.25) is 0 Å². The molecular formula is C15H19N3O2. The van der Waals surface area contributed by atoms with E-state index in [4.69, 9.17) is 5.11 Å². The maximum Gasteiger partial charge on any atom is 0.335 e. The largest absolute Gasteiger partial charge is 0.478 e. The summed E-state index contributed by atoms with van der Waals surface area (Å²) in [4.78, 5) is 10.9. The van der Waals surface area contributed by atoms with Crippen molar-refractivity contribution in [3.63, 3.8) is 0 Å². The van der Waals surface area contributed by atoms with Crippen molar-refractivity contribution < 1.29 is 9.90 Å². The van der Waals surface area contributed by atoms with Gasteiger partial charge in [-0.2, -0.15) is 5.10 Å². The van der Waals surface area contributed by atoms with Gasteiger partial charge in [0.05, 0.1) is 11.3 Å². The van der Waals surface area contributed by atoms with Crippen LogP contribution in [0, 0.1) is 0 Å². The maximum atomic E-state index is 10.9. The van der Waals surface area contributed by atoms with Crippen LogP contribution in [0.5, 0.6) is 0 Å². The molecule has 0 saturated heterocycles. The summed E-state index contributed by atoms with van der Waals surface area (Å²) in [5.74, 6) is -0.559. The number of hydrogen-bond acceptors (Lipinski definition) is 3. The Bertz CT molecular complexity index is 617. The fraction of sp³-hybridized carbons (Fsp3) is 0.333. The molecule has 1 aromatic heterocycles. The lowest BCUT2D eigenvalue weighted by Gasteiger charge is -2.08. The highest BCUT2D eigenvalue weighted by atomic mass is 16.4. The maximum absolute atomic E-state index is 10.9. The third-order valence-electron chi connectivity index (χ3n) is 3.08. The van der Waals surface area contributed by atoms with Crippen LogP contribution >= 0.6 is 0 Å². The second-order valence-corrected chi connectivity index (χ2v) is 5.11. The van der Waals surface area contributed by atoms with E-state index in [9.17, 15) is 4.79 Å². The first-order valence-corrected chi connectivity index (χ1v) is 6.57. The van der Waals surface area contributed by atoms with Crippen molar-refractivity contribution in [2.24, 2.45) is 7.05 Å². The normalized spacial score (nSPS) is 10.8. The van der Waals surface area contributed by atoms with Crippen molar-refractivity contribution in [3.8, 4) is 0 Å². The number of aryl methyl sites for hydroxylation is 1. The lowest BCUT2D eigenvalue weighted by molar-refractivity contribution is 0.0697. The number of anilines is 1. The minimum atomic E-state index is -0.919. The van der Waals surface area contributed by atoms with Gasteiger partial charge < -0.3 is 10.4 Å². The third kappa shape index (κ3) is 3.17. The van der Waals surface area contributed by atoms with Crippen molar-refractivity contribution in [1.82, 2.24) is 9.78 Å². The molecule has 0 bridgehead atoms. The van der Waals surface area contributed by atoms with Gasteiger partial charge in [-0.15, -0.1) is 0 Å². The molecular weight excluding hydrogens is 254 g/mol. The molecule has 0 amide bonds. The van der Waals surface area contributed by atoms with Crippen molar-refractivity contribution in [1.29, 1.82) is 0 Å². The SMILES string of the molecule is CC(C)c1nn(C)cc1CNc1cccc(C(=O)O)c1. The minimum absolute atomic E-state index is 0.283. The molecule has 106 valence electrons. The Morgan fingerprint density at radius 2 is 2.20 bits per heavy atom. The number of benzene rings is 1. The van der Waals surface area contributed by atoms with Crippen LogP contribution in [0.15, 0.2) is 30.5 Å². The summed E-state index contributed by atoms with van der Waals surface area (Å²) in [6, 6.07) is 6.81. The fourth-order valence-electron chi connectivity index (χ4n) is 2.14. The molecule has 20 heavy (non-hydrogen) atoms. The predicted octanol–water partition coefficient (Wildman–Crippen LogP) is 2.85. The van der Waals surface area contributed by atoms with Gasteiger partial charge in [-0.25, -0.2) is 4.79 Å². The smallest absolute Gasteiger partial charge is 0.335 e. The number of rotatable bonds is 5. The Labute approximate surface area is 118 Å². The van der Waals surface area contributed by atoms with E-state index >= 15 is 0 Å². The van der Waals surface area contributed by atoms with E-state index in [-0.39, 0.29) is 5.56 Å². The number of carbonyl (C=O) groups is 1. The summed E-state index contributed by atoms with van der Waals surface area (Å²) in [5, 5.41) is 16.7.